The van der Waals surface area contributed by atoms with Crippen molar-refractivity contribution in [1.29, 1.82) is 0 Å². The second-order valence-electron chi connectivity index (χ2n) is 6.07. The number of H-pyrrole nitrogens is 1. The second-order valence-corrected chi connectivity index (χ2v) is 6.07. The topological polar surface area (TPSA) is 57.8 Å². The van der Waals surface area contributed by atoms with Crippen molar-refractivity contribution in [3.8, 4) is 0 Å². The number of hydrogen-bond donors (Lipinski definition) is 2. The zero-order valence-corrected chi connectivity index (χ0v) is 12.1. The average Bonchev–Trinajstić information content (AvgIpc) is 3.11. The van der Waals surface area contributed by atoms with E-state index in [0.29, 0.717) is 11.8 Å². The van der Waals surface area contributed by atoms with Crippen LogP contribution in [0.2, 0.25) is 0 Å². The number of nitrogens with one attached hydrogen (secondary N) is 2. The van der Waals surface area contributed by atoms with Gasteiger partial charge in [-0.15, -0.1) is 0 Å². The number of carbonyl (C=O) groups is 1. The number of fused-ring (bicyclic) bond motifs is 3. The van der Waals surface area contributed by atoms with E-state index < -0.39 is 0 Å². The number of rotatable bonds is 3. The van der Waals surface area contributed by atoms with Crippen LogP contribution >= 0.6 is 0 Å². The lowest BCUT2D eigenvalue weighted by atomic mass is 9.92. The number of anilines is 1. The first-order valence-electron chi connectivity index (χ1n) is 7.70. The van der Waals surface area contributed by atoms with Crippen LogP contribution in [0.25, 0.3) is 0 Å². The molecule has 2 N–H and O–H groups in total. The molecule has 4 heteroatoms. The summed E-state index contributed by atoms with van der Waals surface area (Å²) in [5, 5.41) is 9.94. The maximum atomic E-state index is 12.6. The van der Waals surface area contributed by atoms with Gasteiger partial charge in [-0.05, 0) is 42.2 Å². The van der Waals surface area contributed by atoms with E-state index in [0.717, 1.165) is 30.6 Å². The van der Waals surface area contributed by atoms with Crippen molar-refractivity contribution in [3.63, 3.8) is 0 Å². The van der Waals surface area contributed by atoms with Crippen LogP contribution < -0.4 is 5.32 Å². The molecule has 0 aliphatic heterocycles. The fourth-order valence-corrected chi connectivity index (χ4v) is 3.82. The van der Waals surface area contributed by atoms with Crippen LogP contribution in [0.1, 0.15) is 36.0 Å². The molecule has 0 radical (unpaired) electrons. The van der Waals surface area contributed by atoms with Gasteiger partial charge in [-0.3, -0.25) is 9.89 Å². The number of hydrogen-bond acceptors (Lipinski definition) is 2. The van der Waals surface area contributed by atoms with E-state index in [1.54, 1.807) is 6.20 Å². The highest BCUT2D eigenvalue weighted by Gasteiger charge is 2.57. The van der Waals surface area contributed by atoms with Crippen molar-refractivity contribution in [3.05, 3.63) is 47.2 Å². The summed E-state index contributed by atoms with van der Waals surface area (Å²) in [5.41, 5.74) is 3.87. The lowest BCUT2D eigenvalue weighted by Gasteiger charge is -2.13. The largest absolute Gasteiger partial charge is 0.311 e. The third-order valence-corrected chi connectivity index (χ3v) is 4.98. The van der Waals surface area contributed by atoms with E-state index in [-0.39, 0.29) is 11.8 Å². The summed E-state index contributed by atoms with van der Waals surface area (Å²) in [6.45, 7) is 2.06. The predicted molar refractivity (Wildman–Crippen MR) is 81.1 cm³/mol. The first-order chi connectivity index (χ1) is 10.3. The Labute approximate surface area is 124 Å². The minimum Gasteiger partial charge on any atom is -0.311 e. The number of amides is 1. The van der Waals surface area contributed by atoms with E-state index in [1.165, 1.54) is 11.1 Å². The molecule has 4 nitrogen and oxygen atoms in total. The smallest absolute Gasteiger partial charge is 0.229 e. The van der Waals surface area contributed by atoms with E-state index in [1.807, 2.05) is 0 Å². The van der Waals surface area contributed by atoms with Gasteiger partial charge in [-0.1, -0.05) is 31.2 Å². The molecule has 21 heavy (non-hydrogen) atoms. The van der Waals surface area contributed by atoms with Gasteiger partial charge < -0.3 is 5.32 Å². The Morgan fingerprint density at radius 2 is 2.29 bits per heavy atom. The molecular weight excluding hydrogens is 262 g/mol. The highest BCUT2D eigenvalue weighted by atomic mass is 16.2. The second kappa shape index (κ2) is 4.72. The minimum absolute atomic E-state index is 0.127. The van der Waals surface area contributed by atoms with Crippen LogP contribution in [0, 0.1) is 11.8 Å². The zero-order chi connectivity index (χ0) is 14.4. The van der Waals surface area contributed by atoms with Gasteiger partial charge in [0.1, 0.15) is 5.82 Å². The molecule has 1 fully saturated rings. The number of benzene rings is 1. The van der Waals surface area contributed by atoms with Crippen molar-refractivity contribution in [1.82, 2.24) is 10.2 Å². The summed E-state index contributed by atoms with van der Waals surface area (Å²) >= 11 is 0. The van der Waals surface area contributed by atoms with E-state index in [9.17, 15) is 4.79 Å². The molecule has 4 rings (SSSR count). The molecule has 2 aliphatic rings. The van der Waals surface area contributed by atoms with E-state index in [4.69, 9.17) is 0 Å². The lowest BCUT2D eigenvalue weighted by Crippen LogP contribution is -2.16. The summed E-state index contributed by atoms with van der Waals surface area (Å²) < 4.78 is 0. The highest BCUT2D eigenvalue weighted by Crippen LogP contribution is 2.60. The molecule has 2 aliphatic carbocycles. The highest BCUT2D eigenvalue weighted by molar-refractivity contribution is 5.95. The van der Waals surface area contributed by atoms with Crippen LogP contribution in [-0.2, 0) is 17.6 Å². The van der Waals surface area contributed by atoms with Gasteiger partial charge in [-0.25, -0.2) is 0 Å². The number of nitrogens with zero attached hydrogens (tertiary/aromatic N) is 1. The first-order valence-corrected chi connectivity index (χ1v) is 7.70. The molecule has 1 aromatic heterocycles. The fraction of sp³-hybridized carbons (Fsp3) is 0.412. The van der Waals surface area contributed by atoms with E-state index >= 15 is 0 Å². The maximum absolute atomic E-state index is 12.6. The first kappa shape index (κ1) is 12.6. The van der Waals surface area contributed by atoms with Gasteiger partial charge in [0, 0.05) is 11.5 Å². The van der Waals surface area contributed by atoms with Crippen molar-refractivity contribution in [2.24, 2.45) is 11.8 Å². The average molecular weight is 281 g/mol. The molecule has 1 aromatic carbocycles. The van der Waals surface area contributed by atoms with Gasteiger partial charge in [0.15, 0.2) is 0 Å². The molecule has 1 heterocycles. The summed E-state index contributed by atoms with van der Waals surface area (Å²) in [4.78, 5) is 12.6. The Hall–Kier alpha value is -2.10. The SMILES string of the molecule is CCc1cn[nH]c1NC(=O)C1C2CCc3ccccc3C21. The van der Waals surface area contributed by atoms with Gasteiger partial charge in [0.25, 0.3) is 0 Å². The molecule has 0 saturated heterocycles. The number of aromatic nitrogens is 2. The molecule has 2 aromatic rings. The Morgan fingerprint density at radius 3 is 3.14 bits per heavy atom. The van der Waals surface area contributed by atoms with Gasteiger partial charge in [0.05, 0.1) is 6.20 Å². The van der Waals surface area contributed by atoms with Crippen LogP contribution in [0.4, 0.5) is 5.82 Å². The number of carbonyl (C=O) groups excluding carboxylic acids is 1. The Balaban J connectivity index is 1.53. The number of aryl methyl sites for hydroxylation is 2. The van der Waals surface area contributed by atoms with Crippen LogP contribution in [0.3, 0.4) is 0 Å². The molecule has 108 valence electrons. The van der Waals surface area contributed by atoms with Crippen molar-refractivity contribution in [2.45, 2.75) is 32.1 Å². The monoisotopic (exact) mass is 281 g/mol. The van der Waals surface area contributed by atoms with Gasteiger partial charge in [0.2, 0.25) is 5.91 Å². The quantitative estimate of drug-likeness (QED) is 0.909. The molecule has 3 atom stereocenters. The standard InChI is InChI=1S/C17H19N3O/c1-2-10-9-18-20-16(10)19-17(21)15-13-8-7-11-5-3-4-6-12(11)14(13)15/h3-6,9,13-15H,2,7-8H2,1H3,(H2,18,19,20,21). The molecular formula is C17H19N3O. The number of aromatic amines is 1. The molecule has 0 bridgehead atoms. The van der Waals surface area contributed by atoms with Crippen LogP contribution in [-0.4, -0.2) is 16.1 Å². The van der Waals surface area contributed by atoms with Crippen molar-refractivity contribution >= 4 is 11.7 Å². The molecule has 0 spiro atoms. The molecule has 3 unspecified atom stereocenters. The summed E-state index contributed by atoms with van der Waals surface area (Å²) in [6, 6.07) is 8.56. The summed E-state index contributed by atoms with van der Waals surface area (Å²) in [5.74, 6) is 1.97. The fourth-order valence-electron chi connectivity index (χ4n) is 3.82. The zero-order valence-electron chi connectivity index (χ0n) is 12.1. The summed E-state index contributed by atoms with van der Waals surface area (Å²) in [6.07, 6.45) is 4.88. The minimum atomic E-state index is 0.127. The Kier molecular flexibility index (Phi) is 2.84. The molecule has 1 saturated carbocycles. The van der Waals surface area contributed by atoms with Crippen molar-refractivity contribution in [2.75, 3.05) is 5.32 Å². The lowest BCUT2D eigenvalue weighted by molar-refractivity contribution is -0.117. The predicted octanol–water partition coefficient (Wildman–Crippen LogP) is 2.89. The van der Waals surface area contributed by atoms with Crippen LogP contribution in [0.5, 0.6) is 0 Å². The molecule has 1 amide bonds. The van der Waals surface area contributed by atoms with Gasteiger partial charge in [-0.2, -0.15) is 5.10 Å². The Morgan fingerprint density at radius 1 is 1.43 bits per heavy atom. The van der Waals surface area contributed by atoms with E-state index in [2.05, 4.69) is 46.7 Å². The third-order valence-electron chi connectivity index (χ3n) is 4.98. The van der Waals surface area contributed by atoms with Crippen molar-refractivity contribution < 1.29 is 4.79 Å². The summed E-state index contributed by atoms with van der Waals surface area (Å²) in [7, 11) is 0. The van der Waals surface area contributed by atoms with Crippen LogP contribution in [0.15, 0.2) is 30.5 Å². The maximum Gasteiger partial charge on any atom is 0.229 e. The Bertz CT molecular complexity index is 691. The van der Waals surface area contributed by atoms with Gasteiger partial charge >= 0.3 is 0 Å². The third kappa shape index (κ3) is 1.97. The normalized spacial score (nSPS) is 25.9.